The van der Waals surface area contributed by atoms with E-state index in [1.807, 2.05) is 30.0 Å². The second-order valence-electron chi connectivity index (χ2n) is 12.5. The third-order valence-electron chi connectivity index (χ3n) is 8.70. The van der Waals surface area contributed by atoms with Crippen LogP contribution < -0.4 is 14.2 Å². The van der Waals surface area contributed by atoms with Crippen molar-refractivity contribution < 1.29 is 23.4 Å². The highest BCUT2D eigenvalue weighted by Gasteiger charge is 2.20. The number of rotatable bonds is 13. The fourth-order valence-electron chi connectivity index (χ4n) is 5.67. The number of carbonyl (C=O) groups is 1. The number of hydrogen-bond donors (Lipinski definition) is 0. The molecule has 10 heteroatoms. The van der Waals surface area contributed by atoms with Crippen molar-refractivity contribution in [3.63, 3.8) is 0 Å². The highest BCUT2D eigenvalue weighted by molar-refractivity contribution is 6.32. The van der Waals surface area contributed by atoms with Crippen LogP contribution in [0.3, 0.4) is 0 Å². The molecular weight excluding hydrogens is 679 g/mol. The molecule has 2 heterocycles. The molecule has 0 atom stereocenters. The average molecular weight is 717 g/mol. The largest absolute Gasteiger partial charge is 0.493 e. The third-order valence-corrected chi connectivity index (χ3v) is 9.03. The number of ether oxygens (including phenoxy) is 3. The minimum atomic E-state index is -0.276. The fourth-order valence-corrected chi connectivity index (χ4v) is 5.89. The van der Waals surface area contributed by atoms with E-state index in [2.05, 4.69) is 40.2 Å². The Hall–Kier alpha value is -5.69. The normalized spacial score (nSPS) is 13.2. The van der Waals surface area contributed by atoms with Crippen LogP contribution in [-0.4, -0.2) is 53.5 Å². The van der Waals surface area contributed by atoms with E-state index in [9.17, 15) is 9.18 Å². The van der Waals surface area contributed by atoms with Crippen LogP contribution in [0.2, 0.25) is 5.02 Å². The van der Waals surface area contributed by atoms with Crippen LogP contribution in [0.5, 0.6) is 23.1 Å². The van der Waals surface area contributed by atoms with Crippen molar-refractivity contribution in [2.75, 3.05) is 32.8 Å². The van der Waals surface area contributed by atoms with E-state index in [-0.39, 0.29) is 11.7 Å². The first kappa shape index (κ1) is 36.1. The molecule has 0 saturated carbocycles. The molecule has 0 radical (unpaired) electrons. The van der Waals surface area contributed by atoms with Gasteiger partial charge >= 0.3 is 0 Å². The van der Waals surface area contributed by atoms with Crippen molar-refractivity contribution in [3.8, 4) is 29.2 Å². The van der Waals surface area contributed by atoms with Crippen LogP contribution in [0.15, 0.2) is 109 Å². The summed E-state index contributed by atoms with van der Waals surface area (Å²) in [5.41, 5.74) is 5.52. The highest BCUT2D eigenvalue weighted by atomic mass is 35.5. The van der Waals surface area contributed by atoms with E-state index < -0.39 is 0 Å². The number of nitriles is 1. The van der Waals surface area contributed by atoms with Gasteiger partial charge in [-0.05, 0) is 89.3 Å². The molecule has 1 aliphatic rings. The zero-order chi connectivity index (χ0) is 36.3. The summed E-state index contributed by atoms with van der Waals surface area (Å²) in [6.07, 6.45) is 5.68. The molecule has 52 heavy (non-hydrogen) atoms. The average Bonchev–Trinajstić information content (AvgIpc) is 3.17. The maximum Gasteiger partial charge on any atom is 0.246 e. The van der Waals surface area contributed by atoms with Crippen LogP contribution in [0, 0.1) is 24.1 Å². The molecule has 264 valence electrons. The number of amides is 1. The topological polar surface area (TPSA) is 87.9 Å². The first-order chi connectivity index (χ1) is 25.3. The van der Waals surface area contributed by atoms with Crippen molar-refractivity contribution >= 4 is 23.6 Å². The molecule has 0 N–H and O–H groups in total. The minimum absolute atomic E-state index is 0.0494. The van der Waals surface area contributed by atoms with E-state index in [0.717, 1.165) is 42.7 Å². The Morgan fingerprint density at radius 3 is 2.27 bits per heavy atom. The summed E-state index contributed by atoms with van der Waals surface area (Å²) < 4.78 is 30.6. The molecular formula is C42H38ClFN4O4. The Labute approximate surface area is 308 Å². The summed E-state index contributed by atoms with van der Waals surface area (Å²) in [4.78, 5) is 21.6. The van der Waals surface area contributed by atoms with Crippen molar-refractivity contribution in [1.29, 1.82) is 5.26 Å². The second kappa shape index (κ2) is 17.5. The van der Waals surface area contributed by atoms with E-state index in [1.165, 1.54) is 23.3 Å². The lowest BCUT2D eigenvalue weighted by Crippen LogP contribution is -2.47. The number of nitrogens with zero attached hydrogens (tertiary/aromatic N) is 4. The summed E-state index contributed by atoms with van der Waals surface area (Å²) in [7, 11) is 0. The Morgan fingerprint density at radius 2 is 1.58 bits per heavy atom. The lowest BCUT2D eigenvalue weighted by molar-refractivity contribution is -0.127. The van der Waals surface area contributed by atoms with Gasteiger partial charge in [-0.2, -0.15) is 5.26 Å². The molecule has 0 bridgehead atoms. The second-order valence-corrected chi connectivity index (χ2v) is 12.9. The van der Waals surface area contributed by atoms with Crippen molar-refractivity contribution in [1.82, 2.24) is 14.8 Å². The Bertz CT molecular complexity index is 2020. The Balaban J connectivity index is 0.931. The van der Waals surface area contributed by atoms with Crippen LogP contribution in [0.1, 0.15) is 33.4 Å². The monoisotopic (exact) mass is 716 g/mol. The number of halogens is 2. The third kappa shape index (κ3) is 10.2. The molecule has 0 aliphatic carbocycles. The highest BCUT2D eigenvalue weighted by Crippen LogP contribution is 2.31. The SMILES string of the molecule is Cc1cc(/C=C/C(=O)N2CCN(Cc3ccc(CCOc4ccc(F)cc4)cc3)CC2)c(Cl)cc1Oc1ccc(OCc2ccc(C#N)cc2)cn1. The molecule has 1 amide bonds. The minimum Gasteiger partial charge on any atom is -0.493 e. The van der Waals surface area contributed by atoms with E-state index in [4.69, 9.17) is 31.1 Å². The van der Waals surface area contributed by atoms with Crippen LogP contribution in [-0.2, 0) is 24.4 Å². The van der Waals surface area contributed by atoms with Crippen LogP contribution in [0.4, 0.5) is 4.39 Å². The molecule has 1 fully saturated rings. The lowest BCUT2D eigenvalue weighted by atomic mass is 10.1. The first-order valence-electron chi connectivity index (χ1n) is 17.0. The first-order valence-corrected chi connectivity index (χ1v) is 17.4. The Morgan fingerprint density at radius 1 is 0.885 bits per heavy atom. The maximum atomic E-state index is 13.1. The molecule has 1 aliphatic heterocycles. The van der Waals surface area contributed by atoms with Gasteiger partial charge < -0.3 is 19.1 Å². The molecule has 1 saturated heterocycles. The number of benzene rings is 4. The maximum absolute atomic E-state index is 13.1. The Kier molecular flexibility index (Phi) is 12.1. The van der Waals surface area contributed by atoms with E-state index in [1.54, 1.807) is 60.8 Å². The summed E-state index contributed by atoms with van der Waals surface area (Å²) in [6.45, 7) is 6.48. The summed E-state index contributed by atoms with van der Waals surface area (Å²) in [5, 5.41) is 9.41. The zero-order valence-corrected chi connectivity index (χ0v) is 29.6. The number of piperazine rings is 1. The van der Waals surface area contributed by atoms with Gasteiger partial charge in [0.15, 0.2) is 0 Å². The molecule has 1 aromatic heterocycles. The summed E-state index contributed by atoms with van der Waals surface area (Å²) >= 11 is 6.60. The number of carbonyl (C=O) groups excluding carboxylic acids is 1. The smallest absolute Gasteiger partial charge is 0.246 e. The van der Waals surface area contributed by atoms with Crippen LogP contribution in [0.25, 0.3) is 6.08 Å². The zero-order valence-electron chi connectivity index (χ0n) is 28.8. The van der Waals surface area contributed by atoms with Gasteiger partial charge in [0, 0.05) is 57.4 Å². The van der Waals surface area contributed by atoms with Crippen molar-refractivity contribution in [3.05, 3.63) is 154 Å². The molecule has 8 nitrogen and oxygen atoms in total. The standard InChI is InChI=1S/C42H38ClFN4O4/c1-30-24-35(39(43)25-40(30)52-41-16-15-38(27-46-41)51-29-34-8-4-32(26-45)5-9-34)10-17-42(49)48-21-19-47(20-22-48)28-33-6-2-31(3-7-33)18-23-50-37-13-11-36(44)12-14-37/h2-17,24-25,27H,18-23,28-29H2,1H3/b17-10+. The van der Waals surface area contributed by atoms with Crippen molar-refractivity contribution in [2.45, 2.75) is 26.5 Å². The fraction of sp³-hybridized carbons (Fsp3) is 0.214. The number of aryl methyl sites for hydroxylation is 1. The van der Waals surface area contributed by atoms with Gasteiger partial charge in [0.1, 0.15) is 29.7 Å². The van der Waals surface area contributed by atoms with Gasteiger partial charge in [0.05, 0.1) is 29.5 Å². The molecule has 0 spiro atoms. The number of hydrogen-bond acceptors (Lipinski definition) is 7. The van der Waals surface area contributed by atoms with Gasteiger partial charge in [-0.3, -0.25) is 9.69 Å². The van der Waals surface area contributed by atoms with E-state index >= 15 is 0 Å². The quantitative estimate of drug-likeness (QED) is 0.113. The van der Waals surface area contributed by atoms with Crippen LogP contribution >= 0.6 is 11.6 Å². The summed E-state index contributed by atoms with van der Waals surface area (Å²) in [5.74, 6) is 1.88. The van der Waals surface area contributed by atoms with Gasteiger partial charge in [0.25, 0.3) is 0 Å². The summed E-state index contributed by atoms with van der Waals surface area (Å²) in [6, 6.07) is 31.0. The van der Waals surface area contributed by atoms with Gasteiger partial charge in [-0.1, -0.05) is 48.0 Å². The van der Waals surface area contributed by atoms with Gasteiger partial charge in [-0.15, -0.1) is 0 Å². The predicted octanol–water partition coefficient (Wildman–Crippen LogP) is 8.40. The lowest BCUT2D eigenvalue weighted by Gasteiger charge is -2.34. The molecule has 0 unspecified atom stereocenters. The van der Waals surface area contributed by atoms with Gasteiger partial charge in [-0.25, -0.2) is 9.37 Å². The molecule has 6 rings (SSSR count). The molecule has 5 aromatic rings. The number of pyridine rings is 1. The predicted molar refractivity (Wildman–Crippen MR) is 199 cm³/mol. The van der Waals surface area contributed by atoms with E-state index in [0.29, 0.717) is 60.0 Å². The van der Waals surface area contributed by atoms with Crippen molar-refractivity contribution in [2.24, 2.45) is 0 Å². The molecule has 4 aromatic carbocycles. The number of aromatic nitrogens is 1. The van der Waals surface area contributed by atoms with Gasteiger partial charge in [0.2, 0.25) is 11.8 Å².